The van der Waals surface area contributed by atoms with E-state index in [9.17, 15) is 9.59 Å². The van der Waals surface area contributed by atoms with E-state index >= 15 is 0 Å². The van der Waals surface area contributed by atoms with Crippen LogP contribution in [0.2, 0.25) is 5.02 Å². The maximum Gasteiger partial charge on any atom is 0.311 e. The number of esters is 1. The maximum atomic E-state index is 11.4. The molecule has 0 atom stereocenters. The molecule has 0 aliphatic carbocycles. The number of hydrogen-bond acceptors (Lipinski definition) is 3. The summed E-state index contributed by atoms with van der Waals surface area (Å²) in [5.41, 5.74) is 0. The van der Waals surface area contributed by atoms with E-state index in [1.54, 1.807) is 24.3 Å². The number of amides is 1. The van der Waals surface area contributed by atoms with E-state index in [-0.39, 0.29) is 18.3 Å². The molecule has 0 aliphatic rings. The van der Waals surface area contributed by atoms with Crippen LogP contribution < -0.4 is 10.1 Å². The molecular formula is C12H14ClNO3. The summed E-state index contributed by atoms with van der Waals surface area (Å²) in [5, 5.41) is 3.01. The highest BCUT2D eigenvalue weighted by atomic mass is 35.5. The van der Waals surface area contributed by atoms with Crippen LogP contribution in [0.3, 0.4) is 0 Å². The molecular weight excluding hydrogens is 242 g/mol. The summed E-state index contributed by atoms with van der Waals surface area (Å²) in [4.78, 5) is 22.0. The third kappa shape index (κ3) is 5.36. The first-order chi connectivity index (χ1) is 8.09. The van der Waals surface area contributed by atoms with Crippen LogP contribution in [0.4, 0.5) is 0 Å². The van der Waals surface area contributed by atoms with Gasteiger partial charge in [0.15, 0.2) is 0 Å². The summed E-state index contributed by atoms with van der Waals surface area (Å²) < 4.78 is 5.07. The van der Waals surface area contributed by atoms with Gasteiger partial charge >= 0.3 is 5.97 Å². The van der Waals surface area contributed by atoms with E-state index in [1.807, 2.05) is 0 Å². The van der Waals surface area contributed by atoms with Crippen LogP contribution in [0, 0.1) is 0 Å². The van der Waals surface area contributed by atoms with Crippen molar-refractivity contribution in [3.05, 3.63) is 29.3 Å². The molecule has 92 valence electrons. The highest BCUT2D eigenvalue weighted by Gasteiger charge is 2.07. The number of rotatable bonds is 5. The molecule has 1 N–H and O–H groups in total. The molecule has 1 aromatic rings. The molecule has 5 heteroatoms. The standard InChI is InChI=1S/C12H14ClNO3/c1-9(15)14-8-4-7-12(16)17-11-6-3-2-5-10(11)13/h2-3,5-6H,4,7-8H2,1H3,(H,14,15). The third-order valence-corrected chi connectivity index (χ3v) is 2.30. The van der Waals surface area contributed by atoms with Crippen molar-refractivity contribution >= 4 is 23.5 Å². The van der Waals surface area contributed by atoms with E-state index in [0.717, 1.165) is 0 Å². The molecule has 0 fully saturated rings. The van der Waals surface area contributed by atoms with Crippen molar-refractivity contribution in [1.82, 2.24) is 5.32 Å². The van der Waals surface area contributed by atoms with Gasteiger partial charge in [-0.25, -0.2) is 0 Å². The average molecular weight is 256 g/mol. The van der Waals surface area contributed by atoms with Gasteiger partial charge in [0.05, 0.1) is 5.02 Å². The second-order valence-corrected chi connectivity index (χ2v) is 3.90. The summed E-state index contributed by atoms with van der Waals surface area (Å²) in [7, 11) is 0. The van der Waals surface area contributed by atoms with Crippen molar-refractivity contribution in [3.63, 3.8) is 0 Å². The summed E-state index contributed by atoms with van der Waals surface area (Å²) in [6.07, 6.45) is 0.786. The average Bonchev–Trinajstić information content (AvgIpc) is 2.27. The largest absolute Gasteiger partial charge is 0.425 e. The molecule has 0 aromatic heterocycles. The van der Waals surface area contributed by atoms with Crippen LogP contribution in [-0.2, 0) is 9.59 Å². The molecule has 4 nitrogen and oxygen atoms in total. The zero-order chi connectivity index (χ0) is 12.7. The van der Waals surface area contributed by atoms with Gasteiger partial charge in [-0.2, -0.15) is 0 Å². The molecule has 0 spiro atoms. The number of carbonyl (C=O) groups is 2. The Morgan fingerprint density at radius 1 is 1.35 bits per heavy atom. The molecule has 0 unspecified atom stereocenters. The second-order valence-electron chi connectivity index (χ2n) is 3.49. The topological polar surface area (TPSA) is 55.4 Å². The Kier molecular flexibility index (Phi) is 5.49. The van der Waals surface area contributed by atoms with E-state index in [1.165, 1.54) is 6.92 Å². The second kappa shape index (κ2) is 6.91. The number of nitrogens with one attached hydrogen (secondary N) is 1. The normalized spacial score (nSPS) is 9.76. The molecule has 0 heterocycles. The Bertz CT molecular complexity index is 406. The van der Waals surface area contributed by atoms with Gasteiger partial charge < -0.3 is 10.1 Å². The first kappa shape index (κ1) is 13.5. The zero-order valence-electron chi connectivity index (χ0n) is 9.53. The molecule has 0 bridgehead atoms. The number of halogens is 1. The van der Waals surface area contributed by atoms with Gasteiger partial charge in [0.25, 0.3) is 0 Å². The van der Waals surface area contributed by atoms with Crippen molar-refractivity contribution in [2.24, 2.45) is 0 Å². The number of benzene rings is 1. The van der Waals surface area contributed by atoms with Crippen molar-refractivity contribution in [2.75, 3.05) is 6.54 Å². The van der Waals surface area contributed by atoms with Gasteiger partial charge in [0.1, 0.15) is 5.75 Å². The number of hydrogen-bond donors (Lipinski definition) is 1. The van der Waals surface area contributed by atoms with Gasteiger partial charge in [-0.1, -0.05) is 23.7 Å². The summed E-state index contributed by atoms with van der Waals surface area (Å²) in [5.74, 6) is -0.105. The van der Waals surface area contributed by atoms with Crippen molar-refractivity contribution in [1.29, 1.82) is 0 Å². The van der Waals surface area contributed by atoms with E-state index in [2.05, 4.69) is 5.32 Å². The number of carbonyl (C=O) groups excluding carboxylic acids is 2. The van der Waals surface area contributed by atoms with Gasteiger partial charge in [-0.3, -0.25) is 9.59 Å². The van der Waals surface area contributed by atoms with Crippen LogP contribution in [-0.4, -0.2) is 18.4 Å². The Hall–Kier alpha value is -1.55. The molecule has 1 amide bonds. The fraction of sp³-hybridized carbons (Fsp3) is 0.333. The summed E-state index contributed by atoms with van der Waals surface area (Å²) in [6, 6.07) is 6.79. The number of ether oxygens (including phenoxy) is 1. The highest BCUT2D eigenvalue weighted by molar-refractivity contribution is 6.32. The summed E-state index contributed by atoms with van der Waals surface area (Å²) in [6.45, 7) is 1.90. The molecule has 0 saturated carbocycles. The van der Waals surface area contributed by atoms with E-state index in [4.69, 9.17) is 16.3 Å². The predicted octanol–water partition coefficient (Wildman–Crippen LogP) is 2.16. The van der Waals surface area contributed by atoms with Crippen LogP contribution in [0.15, 0.2) is 24.3 Å². The Morgan fingerprint density at radius 2 is 2.06 bits per heavy atom. The lowest BCUT2D eigenvalue weighted by Gasteiger charge is -2.05. The van der Waals surface area contributed by atoms with E-state index < -0.39 is 0 Å². The minimum absolute atomic E-state index is 0.107. The lowest BCUT2D eigenvalue weighted by molar-refractivity contribution is -0.134. The SMILES string of the molecule is CC(=O)NCCCC(=O)Oc1ccccc1Cl. The fourth-order valence-electron chi connectivity index (χ4n) is 1.20. The highest BCUT2D eigenvalue weighted by Crippen LogP contribution is 2.23. The zero-order valence-corrected chi connectivity index (χ0v) is 10.3. The predicted molar refractivity (Wildman–Crippen MR) is 65.0 cm³/mol. The molecule has 0 saturated heterocycles. The molecule has 1 rings (SSSR count). The van der Waals surface area contributed by atoms with Crippen molar-refractivity contribution in [3.8, 4) is 5.75 Å². The Morgan fingerprint density at radius 3 is 2.71 bits per heavy atom. The fourth-order valence-corrected chi connectivity index (χ4v) is 1.37. The lowest BCUT2D eigenvalue weighted by atomic mass is 10.3. The van der Waals surface area contributed by atoms with Crippen LogP contribution in [0.5, 0.6) is 5.75 Å². The first-order valence-electron chi connectivity index (χ1n) is 5.29. The van der Waals surface area contributed by atoms with Gasteiger partial charge in [-0.05, 0) is 18.6 Å². The third-order valence-electron chi connectivity index (χ3n) is 1.99. The van der Waals surface area contributed by atoms with Crippen molar-refractivity contribution < 1.29 is 14.3 Å². The van der Waals surface area contributed by atoms with Crippen LogP contribution in [0.25, 0.3) is 0 Å². The number of para-hydroxylation sites is 1. The molecule has 0 radical (unpaired) electrons. The Balaban J connectivity index is 2.30. The minimum Gasteiger partial charge on any atom is -0.425 e. The quantitative estimate of drug-likeness (QED) is 0.498. The lowest BCUT2D eigenvalue weighted by Crippen LogP contribution is -2.22. The molecule has 17 heavy (non-hydrogen) atoms. The minimum atomic E-state index is -0.358. The van der Waals surface area contributed by atoms with Crippen molar-refractivity contribution in [2.45, 2.75) is 19.8 Å². The maximum absolute atomic E-state index is 11.4. The van der Waals surface area contributed by atoms with Crippen LogP contribution >= 0.6 is 11.6 Å². The molecule has 0 aliphatic heterocycles. The van der Waals surface area contributed by atoms with Gasteiger partial charge in [0.2, 0.25) is 5.91 Å². The van der Waals surface area contributed by atoms with Crippen LogP contribution in [0.1, 0.15) is 19.8 Å². The van der Waals surface area contributed by atoms with Gasteiger partial charge in [-0.15, -0.1) is 0 Å². The Labute approximate surface area is 105 Å². The molecule has 1 aromatic carbocycles. The monoisotopic (exact) mass is 255 g/mol. The van der Waals surface area contributed by atoms with Gasteiger partial charge in [0, 0.05) is 19.9 Å². The first-order valence-corrected chi connectivity index (χ1v) is 5.67. The summed E-state index contributed by atoms with van der Waals surface area (Å²) >= 11 is 5.84. The smallest absolute Gasteiger partial charge is 0.311 e. The van der Waals surface area contributed by atoms with E-state index in [0.29, 0.717) is 23.7 Å².